The predicted molar refractivity (Wildman–Crippen MR) is 50.3 cm³/mol. The molecule has 1 saturated heterocycles. The molecule has 0 bridgehead atoms. The van der Waals surface area contributed by atoms with E-state index in [1.807, 2.05) is 25.7 Å². The van der Waals surface area contributed by atoms with E-state index >= 15 is 0 Å². The summed E-state index contributed by atoms with van der Waals surface area (Å²) >= 11 is 0. The van der Waals surface area contributed by atoms with E-state index in [2.05, 4.69) is 0 Å². The first-order valence-corrected chi connectivity index (χ1v) is 4.56. The van der Waals surface area contributed by atoms with Gasteiger partial charge in [0, 0.05) is 19.1 Å². The average Bonchev–Trinajstić information content (AvgIpc) is 1.79. The van der Waals surface area contributed by atoms with Gasteiger partial charge in [0.1, 0.15) is 5.60 Å². The highest BCUT2D eigenvalue weighted by Gasteiger charge is 2.26. The Morgan fingerprint density at radius 1 is 1.54 bits per heavy atom. The van der Waals surface area contributed by atoms with E-state index in [9.17, 15) is 4.79 Å². The number of hydrogen-bond donors (Lipinski definition) is 1. The van der Waals surface area contributed by atoms with E-state index in [1.165, 1.54) is 0 Å². The maximum atomic E-state index is 11.3. The fourth-order valence-electron chi connectivity index (χ4n) is 1.30. The smallest absolute Gasteiger partial charge is 0.320 e. The fourth-order valence-corrected chi connectivity index (χ4v) is 1.30. The summed E-state index contributed by atoms with van der Waals surface area (Å²) in [7, 11) is 0. The number of likely N-dealkylation sites (tertiary alicyclic amines) is 1. The maximum absolute atomic E-state index is 11.3. The predicted octanol–water partition coefficient (Wildman–Crippen LogP) is -0.0290. The molecule has 1 heterocycles. The lowest BCUT2D eigenvalue weighted by Gasteiger charge is -2.36. The molecule has 1 aliphatic rings. The summed E-state index contributed by atoms with van der Waals surface area (Å²) in [4.78, 5) is 13.2. The van der Waals surface area contributed by atoms with Crippen LogP contribution >= 0.6 is 0 Å². The summed E-state index contributed by atoms with van der Waals surface area (Å²) in [6, 6.07) is 0.238. The van der Waals surface area contributed by atoms with Crippen LogP contribution in [-0.4, -0.2) is 42.1 Å². The Labute approximate surface area is 79.0 Å². The second-order valence-corrected chi connectivity index (χ2v) is 4.54. The standard InChI is InChI=1S/C9H18N2O2/c1-9(2,3)13-8(12)6-11-4-7(10)5-11/h7H,4-6,10H2,1-3H3. The third-order valence-corrected chi connectivity index (χ3v) is 1.76. The van der Waals surface area contributed by atoms with Crippen LogP contribution in [-0.2, 0) is 9.53 Å². The Bertz CT molecular complexity index is 192. The zero-order chi connectivity index (χ0) is 10.1. The minimum atomic E-state index is -0.385. The van der Waals surface area contributed by atoms with Gasteiger partial charge in [0.05, 0.1) is 6.54 Å². The Hall–Kier alpha value is -0.610. The molecular weight excluding hydrogens is 168 g/mol. The minimum Gasteiger partial charge on any atom is -0.459 e. The van der Waals surface area contributed by atoms with Crippen molar-refractivity contribution in [2.45, 2.75) is 32.4 Å². The van der Waals surface area contributed by atoms with Crippen LogP contribution in [0.4, 0.5) is 0 Å². The van der Waals surface area contributed by atoms with Crippen LogP contribution < -0.4 is 5.73 Å². The molecule has 1 aliphatic heterocycles. The maximum Gasteiger partial charge on any atom is 0.320 e. The van der Waals surface area contributed by atoms with Gasteiger partial charge in [0.2, 0.25) is 0 Å². The van der Waals surface area contributed by atoms with Crippen molar-refractivity contribution in [3.8, 4) is 0 Å². The van der Waals surface area contributed by atoms with Crippen LogP contribution in [0.25, 0.3) is 0 Å². The summed E-state index contributed by atoms with van der Waals surface area (Å²) in [5.41, 5.74) is 5.19. The zero-order valence-electron chi connectivity index (χ0n) is 8.54. The number of hydrogen-bond acceptors (Lipinski definition) is 4. The SMILES string of the molecule is CC(C)(C)OC(=O)CN1CC(N)C1. The second kappa shape index (κ2) is 3.64. The van der Waals surface area contributed by atoms with Gasteiger partial charge in [0.15, 0.2) is 0 Å². The van der Waals surface area contributed by atoms with Crippen LogP contribution in [0.1, 0.15) is 20.8 Å². The number of nitrogens with zero attached hydrogens (tertiary/aromatic N) is 1. The van der Waals surface area contributed by atoms with E-state index in [4.69, 9.17) is 10.5 Å². The minimum absolute atomic E-state index is 0.167. The molecule has 0 aromatic carbocycles. The lowest BCUT2D eigenvalue weighted by molar-refractivity contribution is -0.157. The van der Waals surface area contributed by atoms with E-state index in [1.54, 1.807) is 0 Å². The highest BCUT2D eigenvalue weighted by atomic mass is 16.6. The Kier molecular flexibility index (Phi) is 2.93. The molecule has 4 nitrogen and oxygen atoms in total. The molecule has 76 valence electrons. The van der Waals surface area contributed by atoms with Gasteiger partial charge in [-0.15, -0.1) is 0 Å². The van der Waals surface area contributed by atoms with Crippen molar-refractivity contribution in [1.29, 1.82) is 0 Å². The van der Waals surface area contributed by atoms with Crippen LogP contribution in [0.2, 0.25) is 0 Å². The van der Waals surface area contributed by atoms with Gasteiger partial charge in [-0.3, -0.25) is 9.69 Å². The number of carbonyl (C=O) groups is 1. The van der Waals surface area contributed by atoms with Crippen LogP contribution in [0.3, 0.4) is 0 Å². The van der Waals surface area contributed by atoms with E-state index in [0.29, 0.717) is 6.54 Å². The Morgan fingerprint density at radius 3 is 2.46 bits per heavy atom. The molecule has 0 radical (unpaired) electrons. The highest BCUT2D eigenvalue weighted by Crippen LogP contribution is 2.09. The normalized spacial score (nSPS) is 19.7. The first-order chi connectivity index (χ1) is 5.87. The Morgan fingerprint density at radius 2 is 2.08 bits per heavy atom. The molecule has 1 fully saturated rings. The summed E-state index contributed by atoms with van der Waals surface area (Å²) < 4.78 is 5.16. The van der Waals surface area contributed by atoms with Crippen molar-refractivity contribution < 1.29 is 9.53 Å². The summed E-state index contributed by atoms with van der Waals surface area (Å²) in [6.45, 7) is 7.58. The molecule has 4 heteroatoms. The van der Waals surface area contributed by atoms with Gasteiger partial charge in [0.25, 0.3) is 0 Å². The molecule has 0 aromatic rings. The third-order valence-electron chi connectivity index (χ3n) is 1.76. The van der Waals surface area contributed by atoms with Crippen molar-refractivity contribution in [1.82, 2.24) is 4.90 Å². The molecule has 0 amide bonds. The van der Waals surface area contributed by atoms with Crippen molar-refractivity contribution in [3.63, 3.8) is 0 Å². The third kappa shape index (κ3) is 3.74. The monoisotopic (exact) mass is 186 g/mol. The first kappa shape index (κ1) is 10.5. The molecule has 0 atom stereocenters. The lowest BCUT2D eigenvalue weighted by Crippen LogP contribution is -2.57. The number of ether oxygens (including phenoxy) is 1. The molecule has 0 aliphatic carbocycles. The van der Waals surface area contributed by atoms with Crippen LogP contribution in [0.5, 0.6) is 0 Å². The quantitative estimate of drug-likeness (QED) is 0.615. The van der Waals surface area contributed by atoms with Crippen molar-refractivity contribution >= 4 is 5.97 Å². The van der Waals surface area contributed by atoms with E-state index < -0.39 is 0 Å². The van der Waals surface area contributed by atoms with E-state index in [0.717, 1.165) is 13.1 Å². The van der Waals surface area contributed by atoms with Crippen molar-refractivity contribution in [2.75, 3.05) is 19.6 Å². The number of esters is 1. The van der Waals surface area contributed by atoms with Gasteiger partial charge in [-0.2, -0.15) is 0 Å². The topological polar surface area (TPSA) is 55.6 Å². The number of carbonyl (C=O) groups excluding carboxylic acids is 1. The molecular formula is C9H18N2O2. The largest absolute Gasteiger partial charge is 0.459 e. The molecule has 0 aromatic heterocycles. The van der Waals surface area contributed by atoms with Gasteiger partial charge in [-0.1, -0.05) is 0 Å². The van der Waals surface area contributed by atoms with Gasteiger partial charge < -0.3 is 10.5 Å². The second-order valence-electron chi connectivity index (χ2n) is 4.54. The zero-order valence-corrected chi connectivity index (χ0v) is 8.54. The molecule has 0 unspecified atom stereocenters. The lowest BCUT2D eigenvalue weighted by atomic mass is 10.1. The Balaban J connectivity index is 2.19. The highest BCUT2D eigenvalue weighted by molar-refractivity contribution is 5.72. The molecule has 0 saturated carbocycles. The van der Waals surface area contributed by atoms with Crippen molar-refractivity contribution in [2.24, 2.45) is 5.73 Å². The van der Waals surface area contributed by atoms with Crippen molar-refractivity contribution in [3.05, 3.63) is 0 Å². The first-order valence-electron chi connectivity index (χ1n) is 4.56. The molecule has 0 spiro atoms. The number of rotatable bonds is 2. The summed E-state index contributed by atoms with van der Waals surface area (Å²) in [5, 5.41) is 0. The molecule has 1 rings (SSSR count). The van der Waals surface area contributed by atoms with Gasteiger partial charge in [-0.05, 0) is 20.8 Å². The number of nitrogens with two attached hydrogens (primary N) is 1. The average molecular weight is 186 g/mol. The molecule has 13 heavy (non-hydrogen) atoms. The van der Waals surface area contributed by atoms with Gasteiger partial charge >= 0.3 is 5.97 Å². The summed E-state index contributed by atoms with van der Waals surface area (Å²) in [6.07, 6.45) is 0. The van der Waals surface area contributed by atoms with Crippen LogP contribution in [0.15, 0.2) is 0 Å². The van der Waals surface area contributed by atoms with E-state index in [-0.39, 0.29) is 17.6 Å². The van der Waals surface area contributed by atoms with Crippen LogP contribution in [0, 0.1) is 0 Å². The van der Waals surface area contributed by atoms with Gasteiger partial charge in [-0.25, -0.2) is 0 Å². The molecule has 2 N–H and O–H groups in total. The summed E-state index contributed by atoms with van der Waals surface area (Å²) in [5.74, 6) is -0.167. The fraction of sp³-hybridized carbons (Fsp3) is 0.889.